The predicted octanol–water partition coefficient (Wildman–Crippen LogP) is 4.16. The van der Waals surface area contributed by atoms with Crippen molar-refractivity contribution in [3.8, 4) is 11.1 Å². The zero-order chi connectivity index (χ0) is 28.7. The van der Waals surface area contributed by atoms with Crippen LogP contribution in [0.3, 0.4) is 0 Å². The number of hydrogen-bond donors (Lipinski definition) is 4. The number of carbonyl (C=O) groups excluding carboxylic acids is 2. The Balaban J connectivity index is 1.72. The first kappa shape index (κ1) is 30.0. The van der Waals surface area contributed by atoms with Gasteiger partial charge in [0.1, 0.15) is 11.9 Å². The van der Waals surface area contributed by atoms with Crippen molar-refractivity contribution in [2.24, 2.45) is 11.5 Å². The molecular formula is C29H35F2N5O2S. The number of carbonyl (C=O) groups is 2. The second kappa shape index (κ2) is 13.0. The molecule has 208 valence electrons. The minimum atomic E-state index is -3.08. The Morgan fingerprint density at radius 1 is 1.21 bits per heavy atom. The molecule has 1 aliphatic rings. The number of fused-ring (bicyclic) bond motifs is 3. The van der Waals surface area contributed by atoms with Crippen molar-refractivity contribution in [3.63, 3.8) is 0 Å². The third kappa shape index (κ3) is 6.75. The number of benzene rings is 2. The first-order chi connectivity index (χ1) is 18.5. The van der Waals surface area contributed by atoms with Gasteiger partial charge in [-0.05, 0) is 48.9 Å². The normalized spacial score (nSPS) is 15.1. The van der Waals surface area contributed by atoms with Gasteiger partial charge in [0.2, 0.25) is 11.8 Å². The average molecular weight is 556 g/mol. The molecule has 2 atom stereocenters. The summed E-state index contributed by atoms with van der Waals surface area (Å²) in [4.78, 5) is 28.0. The molecule has 10 heteroatoms. The number of rotatable bonds is 13. The lowest BCUT2D eigenvalue weighted by Crippen LogP contribution is -2.52. The minimum Gasteiger partial charge on any atom is -0.384 e. The molecule has 1 unspecified atom stereocenters. The zero-order valence-corrected chi connectivity index (χ0v) is 23.0. The number of likely N-dealkylation sites (N-methyl/N-ethyl adjacent to an activating group) is 1. The van der Waals surface area contributed by atoms with Crippen LogP contribution < -0.4 is 16.8 Å². The second-order valence-electron chi connectivity index (χ2n) is 9.38. The fourth-order valence-electron chi connectivity index (χ4n) is 4.65. The summed E-state index contributed by atoms with van der Waals surface area (Å²) < 4.78 is 29.8. The predicted molar refractivity (Wildman–Crippen MR) is 154 cm³/mol. The Kier molecular flexibility index (Phi) is 10.0. The molecule has 2 amide bonds. The number of halogens is 2. The molecule has 1 aliphatic carbocycles. The monoisotopic (exact) mass is 555 g/mol. The van der Waals surface area contributed by atoms with Gasteiger partial charge in [0.25, 0.3) is 5.92 Å². The number of amides is 2. The van der Waals surface area contributed by atoms with Crippen molar-refractivity contribution < 1.29 is 18.4 Å². The lowest BCUT2D eigenvalue weighted by atomic mass is 10.00. The molecule has 6 N–H and O–H groups in total. The van der Waals surface area contributed by atoms with Gasteiger partial charge in [-0.25, -0.2) is 0 Å². The van der Waals surface area contributed by atoms with Gasteiger partial charge in [-0.3, -0.25) is 15.0 Å². The van der Waals surface area contributed by atoms with E-state index < -0.39 is 12.0 Å². The molecule has 3 rings (SSSR count). The number of nitrogens with zero attached hydrogens (tertiary/aromatic N) is 1. The molecule has 0 heterocycles. The summed E-state index contributed by atoms with van der Waals surface area (Å²) in [7, 11) is 0. The van der Waals surface area contributed by atoms with E-state index in [4.69, 9.17) is 16.9 Å². The van der Waals surface area contributed by atoms with Crippen LogP contribution in [0.15, 0.2) is 66.1 Å². The Morgan fingerprint density at radius 2 is 1.90 bits per heavy atom. The summed E-state index contributed by atoms with van der Waals surface area (Å²) in [5.41, 5.74) is 13.1. The van der Waals surface area contributed by atoms with Gasteiger partial charge in [0.05, 0.1) is 6.42 Å². The maximum atomic E-state index is 14.9. The molecule has 0 aliphatic heterocycles. The van der Waals surface area contributed by atoms with Crippen LogP contribution in [-0.2, 0) is 21.9 Å². The summed E-state index contributed by atoms with van der Waals surface area (Å²) in [6.45, 7) is 7.75. The smallest absolute Gasteiger partial charge is 0.299 e. The van der Waals surface area contributed by atoms with Crippen LogP contribution in [0.2, 0.25) is 0 Å². The largest absolute Gasteiger partial charge is 0.384 e. The zero-order valence-electron chi connectivity index (χ0n) is 22.2. The van der Waals surface area contributed by atoms with Crippen LogP contribution in [-0.4, -0.2) is 53.5 Å². The second-order valence-corrected chi connectivity index (χ2v) is 10.3. The van der Waals surface area contributed by atoms with E-state index in [9.17, 15) is 18.4 Å². The molecule has 39 heavy (non-hydrogen) atoms. The summed E-state index contributed by atoms with van der Waals surface area (Å²) in [5.74, 6) is -3.25. The van der Waals surface area contributed by atoms with Gasteiger partial charge in [-0.1, -0.05) is 55.1 Å². The topological polar surface area (TPSA) is 125 Å². The first-order valence-electron chi connectivity index (χ1n) is 12.7. The third-order valence-corrected chi connectivity index (χ3v) is 7.70. The van der Waals surface area contributed by atoms with E-state index in [-0.39, 0.29) is 60.7 Å². The van der Waals surface area contributed by atoms with E-state index in [1.165, 1.54) is 34.9 Å². The van der Waals surface area contributed by atoms with E-state index in [1.54, 1.807) is 42.7 Å². The molecule has 2 aromatic rings. The summed E-state index contributed by atoms with van der Waals surface area (Å²) >= 11 is 1.39. The molecule has 0 saturated carbocycles. The molecule has 2 aromatic carbocycles. The van der Waals surface area contributed by atoms with Crippen molar-refractivity contribution in [1.82, 2.24) is 10.2 Å². The van der Waals surface area contributed by atoms with Crippen molar-refractivity contribution in [2.75, 3.05) is 18.8 Å². The summed E-state index contributed by atoms with van der Waals surface area (Å²) in [6.07, 6.45) is 1.74. The van der Waals surface area contributed by atoms with E-state index in [2.05, 4.69) is 11.9 Å². The minimum absolute atomic E-state index is 0.0330. The Labute approximate surface area is 232 Å². The Hall–Kier alpha value is -3.50. The highest BCUT2D eigenvalue weighted by molar-refractivity contribution is 8.02. The van der Waals surface area contributed by atoms with Gasteiger partial charge in [-0.15, -0.1) is 11.8 Å². The number of thioether (sulfide) groups is 1. The van der Waals surface area contributed by atoms with Gasteiger partial charge >= 0.3 is 0 Å². The number of nitrogens with one attached hydrogen (secondary N) is 2. The van der Waals surface area contributed by atoms with E-state index in [1.807, 2.05) is 6.92 Å². The Morgan fingerprint density at radius 3 is 2.54 bits per heavy atom. The van der Waals surface area contributed by atoms with Gasteiger partial charge in [0.15, 0.2) is 0 Å². The number of alkyl halides is 2. The number of amidine groups is 1. The molecule has 7 nitrogen and oxygen atoms in total. The van der Waals surface area contributed by atoms with Crippen molar-refractivity contribution >= 4 is 29.4 Å². The quantitative estimate of drug-likeness (QED) is 0.168. The maximum Gasteiger partial charge on any atom is 0.299 e. The molecule has 0 radical (unpaired) electrons. The van der Waals surface area contributed by atoms with Gasteiger partial charge < -0.3 is 21.7 Å². The first-order valence-corrected chi connectivity index (χ1v) is 13.8. The molecule has 0 spiro atoms. The van der Waals surface area contributed by atoms with E-state index in [0.29, 0.717) is 28.0 Å². The fourth-order valence-corrected chi connectivity index (χ4v) is 5.52. The fraction of sp³-hybridized carbons (Fsp3) is 0.345. The standard InChI is InChI=1S/C29H35F2N5O2S/c1-4-20(27(33)34)17-39-16-18(3)35-28(38)25(12-13-32)36(5-2)26(37)15-19-10-11-24-22(14-19)21-8-6-7-9-23(21)29(24,30)31/h4,6-11,14,17-18,25H,1,5,12-13,15-16,32H2,2-3H3,(H3,33,34)(H,35,38)/b20-17+/t18-,25?/m1/s1. The van der Waals surface area contributed by atoms with Crippen LogP contribution in [0.1, 0.15) is 37.0 Å². The number of nitrogens with two attached hydrogens (primary N) is 2. The van der Waals surface area contributed by atoms with Gasteiger partial charge in [-0.2, -0.15) is 8.78 Å². The summed E-state index contributed by atoms with van der Waals surface area (Å²) in [5, 5.41) is 12.2. The lowest BCUT2D eigenvalue weighted by Gasteiger charge is -2.31. The van der Waals surface area contributed by atoms with E-state index in [0.717, 1.165) is 0 Å². The van der Waals surface area contributed by atoms with Crippen LogP contribution in [0, 0.1) is 5.41 Å². The average Bonchev–Trinajstić information content (AvgIpc) is 3.12. The van der Waals surface area contributed by atoms with Crippen LogP contribution in [0.4, 0.5) is 8.78 Å². The maximum absolute atomic E-state index is 14.9. The Bertz CT molecular complexity index is 1280. The van der Waals surface area contributed by atoms with Crippen LogP contribution in [0.25, 0.3) is 11.1 Å². The molecule has 0 bridgehead atoms. The van der Waals surface area contributed by atoms with Crippen molar-refractivity contribution in [3.05, 3.63) is 82.8 Å². The molecule has 0 fully saturated rings. The highest BCUT2D eigenvalue weighted by Gasteiger charge is 2.44. The highest BCUT2D eigenvalue weighted by atomic mass is 32.2. The van der Waals surface area contributed by atoms with Crippen LogP contribution >= 0.6 is 11.8 Å². The molecule has 0 saturated heterocycles. The highest BCUT2D eigenvalue weighted by Crippen LogP contribution is 2.50. The van der Waals surface area contributed by atoms with Crippen molar-refractivity contribution in [1.29, 1.82) is 5.41 Å². The van der Waals surface area contributed by atoms with E-state index >= 15 is 0 Å². The van der Waals surface area contributed by atoms with Gasteiger partial charge in [0, 0.05) is 35.0 Å². The molecule has 0 aromatic heterocycles. The SMILES string of the molecule is C=C/C(=C\SC[C@@H](C)NC(=O)C(CCN)N(CC)C(=O)Cc1ccc2c(c1)-c1ccccc1C2(F)F)C(=N)N. The number of hydrogen-bond acceptors (Lipinski definition) is 5. The third-order valence-electron chi connectivity index (χ3n) is 6.59. The van der Waals surface area contributed by atoms with Crippen LogP contribution in [0.5, 0.6) is 0 Å². The van der Waals surface area contributed by atoms with Crippen molar-refractivity contribution in [2.45, 2.75) is 44.7 Å². The molecular weight excluding hydrogens is 520 g/mol. The lowest BCUT2D eigenvalue weighted by molar-refractivity contribution is -0.140. The summed E-state index contributed by atoms with van der Waals surface area (Å²) in [6, 6.07) is 9.97.